The highest BCUT2D eigenvalue weighted by Crippen LogP contribution is 2.10. The number of rotatable bonds is 15. The molecule has 90 heavy (non-hydrogen) atoms. The summed E-state index contributed by atoms with van der Waals surface area (Å²) in [4.78, 5) is 79.6. The Morgan fingerprint density at radius 2 is 0.711 bits per heavy atom. The number of carbonyl (C=O) groups is 6. The monoisotopic (exact) mass is 1220 g/mol. The highest BCUT2D eigenvalue weighted by Gasteiger charge is 2.26. The summed E-state index contributed by atoms with van der Waals surface area (Å²) >= 11 is 0. The van der Waals surface area contributed by atoms with Crippen molar-refractivity contribution < 1.29 is 53.9 Å². The molecule has 20 heteroatoms. The van der Waals surface area contributed by atoms with Crippen LogP contribution >= 0.6 is 0 Å². The zero-order valence-corrected chi connectivity index (χ0v) is 50.2. The fraction of sp³-hybridized carbons (Fsp3) is 0.229. The van der Waals surface area contributed by atoms with Gasteiger partial charge in [0.1, 0.15) is 12.1 Å². The van der Waals surface area contributed by atoms with Crippen LogP contribution < -0.4 is 50.0 Å². The molecule has 6 rings (SSSR count). The molecule has 0 unspecified atom stereocenters. The van der Waals surface area contributed by atoms with E-state index in [1.807, 2.05) is 52.0 Å². The van der Waals surface area contributed by atoms with E-state index < -0.39 is 42.0 Å². The molecule has 0 heterocycles. The molecule has 0 aliphatic rings. The quantitative estimate of drug-likeness (QED) is 0.0236. The fourth-order valence-electron chi connectivity index (χ4n) is 6.61. The van der Waals surface area contributed by atoms with E-state index in [2.05, 4.69) is 97.5 Å². The number of anilines is 3. The molecule has 0 bridgehead atoms. The number of carboxylic acids is 1. The van der Waals surface area contributed by atoms with Crippen molar-refractivity contribution in [2.24, 2.45) is 17.6 Å². The Morgan fingerprint density at radius 3 is 0.967 bits per heavy atom. The molecular weight excluding hydrogens is 1140 g/mol. The first-order valence-electron chi connectivity index (χ1n) is 27.5. The molecule has 5 amide bonds. The molecule has 0 aliphatic carbocycles. The topological polar surface area (TPSA) is 346 Å². The van der Waals surface area contributed by atoms with Gasteiger partial charge in [0.05, 0.1) is 30.9 Å². The third-order valence-electron chi connectivity index (χ3n) is 11.6. The summed E-state index contributed by atoms with van der Waals surface area (Å²) in [6.45, 7) is 13.1. The molecule has 0 radical (unpaired) electrons. The van der Waals surface area contributed by atoms with Crippen molar-refractivity contribution in [3.05, 3.63) is 196 Å². The third-order valence-corrected chi connectivity index (χ3v) is 11.6. The van der Waals surface area contributed by atoms with Crippen molar-refractivity contribution in [3.63, 3.8) is 0 Å². The van der Waals surface area contributed by atoms with Gasteiger partial charge in [-0.25, -0.2) is 21.2 Å². The van der Waals surface area contributed by atoms with Crippen molar-refractivity contribution in [3.8, 4) is 71.0 Å². The number of aliphatic hydroxyl groups is 1. The molecule has 0 saturated heterocycles. The predicted octanol–water partition coefficient (Wildman–Crippen LogP) is 6.19. The van der Waals surface area contributed by atoms with Crippen LogP contribution in [0.1, 0.15) is 120 Å². The number of benzene rings is 6. The summed E-state index contributed by atoms with van der Waals surface area (Å²) in [7, 11) is 0. The molecular formula is C70H75N9O11. The molecule has 0 aromatic heterocycles. The average Bonchev–Trinajstić information content (AvgIpc) is 1.66. The van der Waals surface area contributed by atoms with Gasteiger partial charge in [-0.15, -0.1) is 0 Å². The maximum atomic E-state index is 12.5. The number of hydroxylamine groups is 3. The zero-order valence-electron chi connectivity index (χ0n) is 50.2. The molecule has 20 nitrogen and oxygen atoms in total. The van der Waals surface area contributed by atoms with E-state index in [4.69, 9.17) is 38.1 Å². The number of nitrogens with one attached hydrogen (secondary N) is 5. The second-order valence-electron chi connectivity index (χ2n) is 19.3. The molecule has 6 aromatic carbocycles. The summed E-state index contributed by atoms with van der Waals surface area (Å²) in [5.41, 5.74) is 35.9. The minimum atomic E-state index is -1.28. The SMILES string of the molecule is C.CCONC(=O)[C@@H](N)C(C)C.CCONC(=O)[C@@H](NC(=O)c1ccc(C#CC#Cc2ccc(N)cc2)cc1)C(C)C.C[C@@H](O)[C@H](NC(=O)c1ccc(C#CC#Cc2ccc(N)cc2)cc1)C(=O)NO.Nc1ccc(C#CC#Cc2ccc(C(=O)O)cc2)cc1. The number of nitrogens with two attached hydrogens (primary N) is 4. The van der Waals surface area contributed by atoms with Gasteiger partial charge in [0.2, 0.25) is 0 Å². The van der Waals surface area contributed by atoms with Gasteiger partial charge in [0.25, 0.3) is 29.5 Å². The summed E-state index contributed by atoms with van der Waals surface area (Å²) < 4.78 is 0. The van der Waals surface area contributed by atoms with Gasteiger partial charge < -0.3 is 43.8 Å². The lowest BCUT2D eigenvalue weighted by Gasteiger charge is -2.21. The third kappa shape index (κ3) is 28.7. The van der Waals surface area contributed by atoms with E-state index in [9.17, 15) is 33.9 Å². The number of carbonyl (C=O) groups excluding carboxylic acids is 5. The van der Waals surface area contributed by atoms with E-state index in [-0.39, 0.29) is 48.1 Å². The van der Waals surface area contributed by atoms with Crippen LogP contribution in [0.2, 0.25) is 0 Å². The smallest absolute Gasteiger partial charge is 0.335 e. The second-order valence-corrected chi connectivity index (χ2v) is 19.3. The van der Waals surface area contributed by atoms with E-state index in [0.29, 0.717) is 41.4 Å². The van der Waals surface area contributed by atoms with Gasteiger partial charge in [0, 0.05) is 61.6 Å². The molecule has 0 saturated carbocycles. The summed E-state index contributed by atoms with van der Waals surface area (Å²) in [6.07, 6.45) is -1.18. The lowest BCUT2D eigenvalue weighted by Crippen LogP contribution is -2.51. The van der Waals surface area contributed by atoms with Crippen LogP contribution in [-0.4, -0.2) is 88.4 Å². The molecule has 4 atom stereocenters. The van der Waals surface area contributed by atoms with Crippen molar-refractivity contribution in [1.82, 2.24) is 27.1 Å². The number of amides is 5. The summed E-state index contributed by atoms with van der Waals surface area (Å²) in [5.74, 6) is 30.5. The number of hydrogen-bond donors (Lipinski definition) is 12. The summed E-state index contributed by atoms with van der Waals surface area (Å²) in [5, 5.41) is 32.1. The van der Waals surface area contributed by atoms with Crippen LogP contribution in [0.15, 0.2) is 146 Å². The van der Waals surface area contributed by atoms with Crippen molar-refractivity contribution in [1.29, 1.82) is 0 Å². The molecule has 466 valence electrons. The Kier molecular flexibility index (Phi) is 34.0. The van der Waals surface area contributed by atoms with Crippen LogP contribution in [0.4, 0.5) is 17.1 Å². The van der Waals surface area contributed by atoms with E-state index in [1.54, 1.807) is 111 Å². The molecule has 6 aromatic rings. The van der Waals surface area contributed by atoms with Crippen molar-refractivity contribution in [2.75, 3.05) is 30.4 Å². The van der Waals surface area contributed by atoms with Crippen LogP contribution in [0.25, 0.3) is 0 Å². The van der Waals surface area contributed by atoms with E-state index in [0.717, 1.165) is 27.8 Å². The number of carboxylic acid groups (broad SMARTS) is 1. The highest BCUT2D eigenvalue weighted by molar-refractivity contribution is 5.98. The van der Waals surface area contributed by atoms with Crippen molar-refractivity contribution >= 4 is 52.6 Å². The van der Waals surface area contributed by atoms with Gasteiger partial charge in [0.15, 0.2) is 0 Å². The van der Waals surface area contributed by atoms with Gasteiger partial charge in [-0.2, -0.15) is 0 Å². The van der Waals surface area contributed by atoms with Gasteiger partial charge in [-0.3, -0.25) is 38.9 Å². The normalized spacial score (nSPS) is 10.8. The number of hydrogen-bond acceptors (Lipinski definition) is 14. The molecule has 0 aliphatic heterocycles. The van der Waals surface area contributed by atoms with Crippen LogP contribution in [0.3, 0.4) is 0 Å². The molecule has 16 N–H and O–H groups in total. The maximum Gasteiger partial charge on any atom is 0.335 e. The fourth-order valence-corrected chi connectivity index (χ4v) is 6.61. The standard InChI is InChI=1S/C24H25N3O3.C21H19N3O4.C17H11NO2.C7H16N2O2.CH4/c1-4-30-27-24(29)22(17(2)3)26-23(28)20-13-9-18(10-14-20)7-5-6-8-19-11-15-21(25)16-12-19;1-14(25)19(21(27)24-28)23-20(26)17-10-6-15(7-11-17)4-2-3-5-16-8-12-18(22)13-9-16;18-16-11-7-14(8-12-16)4-2-1-3-13-5-9-15(10-6-13)17(19)20;1-4-11-9-7(10)6(8)5(2)3;/h9-17,22H,4,25H2,1-3H3,(H,26,28)(H,27,29);6-14,19,25,28H,22H2,1H3,(H,23,26)(H,24,27);5-12H,18H2,(H,19,20);5-6H,4,8H2,1-3H3,(H,9,10);1H4/t22-;14-,19+;;6-;/m01.0./s1. The average molecular weight is 1220 g/mol. The number of nitrogen functional groups attached to an aromatic ring is 3. The minimum absolute atomic E-state index is 0. The molecule has 0 fully saturated rings. The Balaban J connectivity index is 0.000000428. The Labute approximate surface area is 526 Å². The summed E-state index contributed by atoms with van der Waals surface area (Å²) in [6, 6.07) is 38.5. The first-order chi connectivity index (χ1) is 42.5. The zero-order chi connectivity index (χ0) is 65.7. The molecule has 0 spiro atoms. The highest BCUT2D eigenvalue weighted by atomic mass is 16.7. The predicted molar refractivity (Wildman–Crippen MR) is 348 cm³/mol. The lowest BCUT2D eigenvalue weighted by molar-refractivity contribution is -0.136. The maximum absolute atomic E-state index is 12.5. The lowest BCUT2D eigenvalue weighted by atomic mass is 10.0. The van der Waals surface area contributed by atoms with Crippen LogP contribution in [0.5, 0.6) is 0 Å². The Morgan fingerprint density at radius 1 is 0.433 bits per heavy atom. The van der Waals surface area contributed by atoms with E-state index in [1.165, 1.54) is 36.7 Å². The largest absolute Gasteiger partial charge is 0.478 e. The van der Waals surface area contributed by atoms with Crippen molar-refractivity contribution in [2.45, 2.75) is 80.1 Å². The first-order valence-corrected chi connectivity index (χ1v) is 27.5. The minimum Gasteiger partial charge on any atom is -0.478 e. The van der Waals surface area contributed by atoms with Crippen LogP contribution in [0, 0.1) is 82.9 Å². The van der Waals surface area contributed by atoms with Gasteiger partial charge in [-0.1, -0.05) is 70.6 Å². The van der Waals surface area contributed by atoms with E-state index >= 15 is 0 Å². The van der Waals surface area contributed by atoms with Gasteiger partial charge >= 0.3 is 5.97 Å². The Bertz CT molecular complexity index is 3710. The van der Waals surface area contributed by atoms with Crippen LogP contribution in [-0.2, 0) is 24.1 Å². The Hall–Kier alpha value is -11.3. The number of aliphatic hydroxyl groups excluding tert-OH is 1. The second kappa shape index (κ2) is 40.9. The first kappa shape index (κ1) is 74.8. The number of aromatic carboxylic acids is 1. The van der Waals surface area contributed by atoms with Gasteiger partial charge in [-0.05, 0) is 214 Å².